The van der Waals surface area contributed by atoms with E-state index in [-0.39, 0.29) is 5.82 Å². The lowest BCUT2D eigenvalue weighted by molar-refractivity contribution is 0.195. The van der Waals surface area contributed by atoms with Crippen molar-refractivity contribution in [1.29, 1.82) is 0 Å². The maximum absolute atomic E-state index is 13.1. The topological polar surface area (TPSA) is 37.2 Å². The third kappa shape index (κ3) is 3.73. The molecule has 0 spiro atoms. The molecule has 1 aliphatic heterocycles. The molecule has 1 aromatic heterocycles. The smallest absolute Gasteiger partial charge is 0.193 e. The lowest BCUT2D eigenvalue weighted by atomic mass is 10.2. The van der Waals surface area contributed by atoms with Gasteiger partial charge in [-0.15, -0.1) is 10.2 Å². The molecule has 0 unspecified atom stereocenters. The number of fused-ring (bicyclic) bond motifs is 1. The number of benzene rings is 1. The van der Waals surface area contributed by atoms with Crippen molar-refractivity contribution in [1.82, 2.24) is 24.6 Å². The summed E-state index contributed by atoms with van der Waals surface area (Å²) in [7, 11) is 0. The van der Waals surface area contributed by atoms with Gasteiger partial charge in [0.2, 0.25) is 0 Å². The van der Waals surface area contributed by atoms with Crippen LogP contribution in [0.25, 0.3) is 11.4 Å². The van der Waals surface area contributed by atoms with Crippen molar-refractivity contribution in [2.75, 3.05) is 32.1 Å². The molecule has 3 rings (SSSR count). The fourth-order valence-electron chi connectivity index (χ4n) is 2.68. The van der Waals surface area contributed by atoms with Crippen LogP contribution in [-0.4, -0.2) is 56.6 Å². The number of likely N-dealkylation sites (N-methyl/N-ethyl adjacent to an activating group) is 1. The second kappa shape index (κ2) is 7.42. The predicted molar refractivity (Wildman–Crippen MR) is 90.6 cm³/mol. The van der Waals surface area contributed by atoms with E-state index in [4.69, 9.17) is 0 Å². The summed E-state index contributed by atoms with van der Waals surface area (Å²) >= 11 is 1.71. The van der Waals surface area contributed by atoms with Gasteiger partial charge in [-0.25, -0.2) is 4.39 Å². The molecule has 0 amide bonds. The Morgan fingerprint density at radius 1 is 1.17 bits per heavy atom. The van der Waals surface area contributed by atoms with Crippen LogP contribution in [-0.2, 0) is 6.67 Å². The quantitative estimate of drug-likeness (QED) is 0.811. The highest BCUT2D eigenvalue weighted by molar-refractivity contribution is 7.99. The number of rotatable bonds is 6. The molecule has 0 radical (unpaired) electrons. The van der Waals surface area contributed by atoms with Crippen molar-refractivity contribution in [2.45, 2.75) is 25.7 Å². The molecule has 1 aromatic carbocycles. The fraction of sp³-hybridized carbons (Fsp3) is 0.500. The highest BCUT2D eigenvalue weighted by Gasteiger charge is 2.22. The first-order valence-corrected chi connectivity index (χ1v) is 8.96. The number of thioether (sulfide) groups is 1. The molecule has 0 atom stereocenters. The molecular weight excluding hydrogens is 313 g/mol. The zero-order valence-corrected chi connectivity index (χ0v) is 14.4. The van der Waals surface area contributed by atoms with E-state index in [2.05, 4.69) is 38.4 Å². The first-order chi connectivity index (χ1) is 11.2. The Hall–Kier alpha value is -1.44. The summed E-state index contributed by atoms with van der Waals surface area (Å²) < 4.78 is 15.2. The Labute approximate surface area is 140 Å². The Morgan fingerprint density at radius 3 is 2.61 bits per heavy atom. The van der Waals surface area contributed by atoms with Crippen molar-refractivity contribution in [2.24, 2.45) is 0 Å². The maximum atomic E-state index is 13.1. The lowest BCUT2D eigenvalue weighted by Crippen LogP contribution is -2.37. The van der Waals surface area contributed by atoms with E-state index in [1.807, 2.05) is 0 Å². The molecule has 0 aliphatic carbocycles. The van der Waals surface area contributed by atoms with E-state index < -0.39 is 0 Å². The van der Waals surface area contributed by atoms with Crippen LogP contribution in [0.3, 0.4) is 0 Å². The van der Waals surface area contributed by atoms with Gasteiger partial charge in [0.1, 0.15) is 5.82 Å². The molecule has 23 heavy (non-hydrogen) atoms. The first kappa shape index (κ1) is 16.4. The van der Waals surface area contributed by atoms with Crippen LogP contribution < -0.4 is 0 Å². The van der Waals surface area contributed by atoms with Gasteiger partial charge in [-0.1, -0.05) is 25.6 Å². The lowest BCUT2D eigenvalue weighted by Gasteiger charge is -2.29. The van der Waals surface area contributed by atoms with Gasteiger partial charge < -0.3 is 4.90 Å². The predicted octanol–water partition coefficient (Wildman–Crippen LogP) is 2.75. The van der Waals surface area contributed by atoms with E-state index >= 15 is 0 Å². The minimum atomic E-state index is -0.234. The molecule has 0 N–H and O–H groups in total. The Kier molecular flexibility index (Phi) is 5.30. The van der Waals surface area contributed by atoms with Crippen molar-refractivity contribution in [3.8, 4) is 11.4 Å². The van der Waals surface area contributed by atoms with Crippen LogP contribution in [0.4, 0.5) is 4.39 Å². The van der Waals surface area contributed by atoms with Gasteiger partial charge in [0.05, 0.1) is 12.5 Å². The molecule has 7 heteroatoms. The van der Waals surface area contributed by atoms with Gasteiger partial charge >= 0.3 is 0 Å². The van der Waals surface area contributed by atoms with Crippen molar-refractivity contribution in [3.63, 3.8) is 0 Å². The Morgan fingerprint density at radius 2 is 1.91 bits per heavy atom. The molecular formula is C16H22FN5S. The van der Waals surface area contributed by atoms with E-state index in [9.17, 15) is 4.39 Å². The SMILES string of the molecule is CCN(CC)CCN1CSc2nnc(-c3ccc(F)cc3)n2C1. The summed E-state index contributed by atoms with van der Waals surface area (Å²) in [6, 6.07) is 6.44. The minimum Gasteiger partial charge on any atom is -0.303 e. The van der Waals surface area contributed by atoms with E-state index in [1.165, 1.54) is 12.1 Å². The summed E-state index contributed by atoms with van der Waals surface area (Å²) in [6.45, 7) is 9.42. The third-order valence-corrected chi connectivity index (χ3v) is 5.22. The van der Waals surface area contributed by atoms with Gasteiger partial charge in [0.15, 0.2) is 11.0 Å². The number of hydrogen-bond acceptors (Lipinski definition) is 5. The van der Waals surface area contributed by atoms with Crippen molar-refractivity contribution >= 4 is 11.8 Å². The fourth-order valence-corrected chi connectivity index (χ4v) is 3.59. The van der Waals surface area contributed by atoms with Gasteiger partial charge in [0, 0.05) is 18.7 Å². The van der Waals surface area contributed by atoms with Crippen molar-refractivity contribution < 1.29 is 4.39 Å². The van der Waals surface area contributed by atoms with Crippen LogP contribution >= 0.6 is 11.8 Å². The Balaban J connectivity index is 1.72. The van der Waals surface area contributed by atoms with Crippen LogP contribution in [0.2, 0.25) is 0 Å². The number of aromatic nitrogens is 3. The largest absolute Gasteiger partial charge is 0.303 e. The average Bonchev–Trinajstić information content (AvgIpc) is 3.00. The molecule has 5 nitrogen and oxygen atoms in total. The van der Waals surface area contributed by atoms with Gasteiger partial charge in [-0.3, -0.25) is 9.47 Å². The van der Waals surface area contributed by atoms with E-state index in [0.717, 1.165) is 55.3 Å². The summed E-state index contributed by atoms with van der Waals surface area (Å²) in [5.41, 5.74) is 0.899. The maximum Gasteiger partial charge on any atom is 0.193 e. The highest BCUT2D eigenvalue weighted by atomic mass is 32.2. The number of nitrogens with zero attached hydrogens (tertiary/aromatic N) is 5. The third-order valence-electron chi connectivity index (χ3n) is 4.16. The molecule has 0 saturated carbocycles. The number of hydrogen-bond donors (Lipinski definition) is 0. The summed E-state index contributed by atoms with van der Waals surface area (Å²) in [4.78, 5) is 4.82. The summed E-state index contributed by atoms with van der Waals surface area (Å²) in [6.07, 6.45) is 0. The van der Waals surface area contributed by atoms with E-state index in [1.54, 1.807) is 23.9 Å². The zero-order valence-electron chi connectivity index (χ0n) is 13.6. The summed E-state index contributed by atoms with van der Waals surface area (Å²) in [5.74, 6) is 1.51. The zero-order chi connectivity index (χ0) is 16.2. The second-order valence-corrected chi connectivity index (χ2v) is 6.49. The highest BCUT2D eigenvalue weighted by Crippen LogP contribution is 2.28. The monoisotopic (exact) mass is 335 g/mol. The normalized spacial score (nSPS) is 15.1. The second-order valence-electron chi connectivity index (χ2n) is 5.58. The van der Waals surface area contributed by atoms with Gasteiger partial charge in [-0.05, 0) is 37.4 Å². The molecule has 2 heterocycles. The first-order valence-electron chi connectivity index (χ1n) is 7.98. The summed E-state index contributed by atoms with van der Waals surface area (Å²) in [5, 5.41) is 9.49. The Bertz CT molecular complexity index is 638. The molecule has 0 saturated heterocycles. The average molecular weight is 335 g/mol. The van der Waals surface area contributed by atoms with Crippen LogP contribution in [0.5, 0.6) is 0 Å². The van der Waals surface area contributed by atoms with Crippen LogP contribution in [0.15, 0.2) is 29.4 Å². The van der Waals surface area contributed by atoms with Crippen LogP contribution in [0.1, 0.15) is 13.8 Å². The van der Waals surface area contributed by atoms with Crippen molar-refractivity contribution in [3.05, 3.63) is 30.1 Å². The minimum absolute atomic E-state index is 0.234. The molecule has 124 valence electrons. The molecule has 1 aliphatic rings. The molecule has 2 aromatic rings. The van der Waals surface area contributed by atoms with Crippen LogP contribution in [0, 0.1) is 5.82 Å². The number of halogens is 1. The van der Waals surface area contributed by atoms with E-state index in [0.29, 0.717) is 0 Å². The van der Waals surface area contributed by atoms with Gasteiger partial charge in [0.25, 0.3) is 0 Å². The van der Waals surface area contributed by atoms with Gasteiger partial charge in [-0.2, -0.15) is 0 Å². The standard InChI is InChI=1S/C16H22FN5S/c1-3-20(4-2)9-10-21-11-22-15(18-19-16(22)23-12-21)13-5-7-14(17)8-6-13/h5-8H,3-4,9-12H2,1-2H3. The molecule has 0 bridgehead atoms. The molecule has 0 fully saturated rings.